The van der Waals surface area contributed by atoms with Gasteiger partial charge in [0.1, 0.15) is 28.7 Å². The zero-order valence-corrected chi connectivity index (χ0v) is 18.9. The van der Waals surface area contributed by atoms with Crippen molar-refractivity contribution in [3.63, 3.8) is 0 Å². The topological polar surface area (TPSA) is 78.6 Å². The van der Waals surface area contributed by atoms with Crippen LogP contribution >= 0.6 is 0 Å². The Bertz CT molecular complexity index is 1390. The fourth-order valence-corrected chi connectivity index (χ4v) is 4.69. The van der Waals surface area contributed by atoms with E-state index in [1.165, 1.54) is 25.0 Å². The third-order valence-electron chi connectivity index (χ3n) is 6.52. The van der Waals surface area contributed by atoms with Gasteiger partial charge in [0.05, 0.1) is 30.1 Å². The van der Waals surface area contributed by atoms with Gasteiger partial charge in [0.15, 0.2) is 5.65 Å². The molecule has 2 fully saturated rings. The highest BCUT2D eigenvalue weighted by atomic mass is 19.1. The Morgan fingerprint density at radius 1 is 1.06 bits per heavy atom. The molecule has 0 N–H and O–H groups in total. The molecule has 4 heterocycles. The standard InChI is InChI=1S/C25H24F2N6O/c1-13-10-28-23-22(19-6-3-17(26)9-20(19)27)31-24(32-25(23)30-13)15-7-14(2)34-21(8-15)16-11-29-33(12-16)18-4-5-18/h3,6,9-12,14-15,18,21H,4-5,7-8H2,1-2H3/t14-,15-,21+/m0/s1. The maximum atomic E-state index is 14.8. The van der Waals surface area contributed by atoms with Crippen LogP contribution in [0.15, 0.2) is 36.8 Å². The zero-order chi connectivity index (χ0) is 23.4. The maximum Gasteiger partial charge on any atom is 0.182 e. The summed E-state index contributed by atoms with van der Waals surface area (Å²) in [6, 6.07) is 3.97. The molecule has 6 rings (SSSR count). The molecule has 174 valence electrons. The summed E-state index contributed by atoms with van der Waals surface area (Å²) in [7, 11) is 0. The van der Waals surface area contributed by atoms with Crippen LogP contribution in [-0.4, -0.2) is 35.8 Å². The molecule has 3 atom stereocenters. The van der Waals surface area contributed by atoms with E-state index in [4.69, 9.17) is 14.7 Å². The van der Waals surface area contributed by atoms with Crippen molar-refractivity contribution in [2.45, 2.75) is 63.7 Å². The van der Waals surface area contributed by atoms with Gasteiger partial charge in [-0.2, -0.15) is 5.10 Å². The predicted octanol–water partition coefficient (Wildman–Crippen LogP) is 5.23. The molecule has 2 aliphatic rings. The second-order valence-electron chi connectivity index (χ2n) is 9.33. The summed E-state index contributed by atoms with van der Waals surface area (Å²) in [5.41, 5.74) is 3.04. The lowest BCUT2D eigenvalue weighted by Crippen LogP contribution is -2.26. The minimum atomic E-state index is -0.695. The van der Waals surface area contributed by atoms with Gasteiger partial charge < -0.3 is 4.74 Å². The largest absolute Gasteiger partial charge is 0.370 e. The van der Waals surface area contributed by atoms with Crippen molar-refractivity contribution in [3.05, 3.63) is 65.5 Å². The first-order valence-corrected chi connectivity index (χ1v) is 11.6. The van der Waals surface area contributed by atoms with Gasteiger partial charge in [-0.1, -0.05) is 0 Å². The number of aryl methyl sites for hydroxylation is 1. The van der Waals surface area contributed by atoms with Crippen molar-refractivity contribution in [1.29, 1.82) is 0 Å². The van der Waals surface area contributed by atoms with E-state index in [2.05, 4.69) is 21.3 Å². The van der Waals surface area contributed by atoms with Gasteiger partial charge in [0.2, 0.25) is 0 Å². The molecule has 7 nitrogen and oxygen atoms in total. The Balaban J connectivity index is 1.41. The van der Waals surface area contributed by atoms with Gasteiger partial charge in [-0.25, -0.2) is 28.7 Å². The van der Waals surface area contributed by atoms with Crippen molar-refractivity contribution >= 4 is 11.2 Å². The van der Waals surface area contributed by atoms with Crippen molar-refractivity contribution in [1.82, 2.24) is 29.7 Å². The van der Waals surface area contributed by atoms with Crippen LogP contribution in [-0.2, 0) is 4.74 Å². The third kappa shape index (κ3) is 3.94. The fourth-order valence-electron chi connectivity index (χ4n) is 4.69. The smallest absolute Gasteiger partial charge is 0.182 e. The molecule has 1 aromatic carbocycles. The number of fused-ring (bicyclic) bond motifs is 1. The Kier molecular flexibility index (Phi) is 5.09. The van der Waals surface area contributed by atoms with Crippen molar-refractivity contribution in [2.75, 3.05) is 0 Å². The summed E-state index contributed by atoms with van der Waals surface area (Å²) < 4.78 is 36.6. The average Bonchev–Trinajstić information content (AvgIpc) is 3.54. The number of aromatic nitrogens is 6. The average molecular weight is 463 g/mol. The van der Waals surface area contributed by atoms with Crippen LogP contribution in [0.2, 0.25) is 0 Å². The molecule has 0 amide bonds. The molecule has 34 heavy (non-hydrogen) atoms. The van der Waals surface area contributed by atoms with Gasteiger partial charge >= 0.3 is 0 Å². The summed E-state index contributed by atoms with van der Waals surface area (Å²) in [5.74, 6) is -0.790. The molecular formula is C25H24F2N6O. The van der Waals surface area contributed by atoms with E-state index in [1.54, 1.807) is 6.20 Å². The lowest BCUT2D eigenvalue weighted by molar-refractivity contribution is -0.0511. The summed E-state index contributed by atoms with van der Waals surface area (Å²) in [5, 5.41) is 4.51. The quantitative estimate of drug-likeness (QED) is 0.413. The van der Waals surface area contributed by atoms with E-state index in [-0.39, 0.29) is 23.7 Å². The highest BCUT2D eigenvalue weighted by Gasteiger charge is 2.33. The fraction of sp³-hybridized carbons (Fsp3) is 0.400. The van der Waals surface area contributed by atoms with E-state index in [0.29, 0.717) is 40.8 Å². The molecule has 4 aromatic rings. The number of nitrogens with zero attached hydrogens (tertiary/aromatic N) is 6. The predicted molar refractivity (Wildman–Crippen MR) is 121 cm³/mol. The van der Waals surface area contributed by atoms with Gasteiger partial charge in [-0.3, -0.25) is 4.68 Å². The maximum absolute atomic E-state index is 14.8. The van der Waals surface area contributed by atoms with Crippen LogP contribution < -0.4 is 0 Å². The van der Waals surface area contributed by atoms with Gasteiger partial charge in [0.25, 0.3) is 0 Å². The summed E-state index contributed by atoms with van der Waals surface area (Å²) in [6.45, 7) is 3.87. The number of benzene rings is 1. The highest BCUT2D eigenvalue weighted by molar-refractivity contribution is 5.86. The minimum absolute atomic E-state index is 0.0121. The molecule has 3 aromatic heterocycles. The molecule has 0 radical (unpaired) electrons. The van der Waals surface area contributed by atoms with Gasteiger partial charge in [-0.05, 0) is 51.7 Å². The Hall–Kier alpha value is -3.33. The minimum Gasteiger partial charge on any atom is -0.370 e. The molecule has 1 saturated carbocycles. The third-order valence-corrected chi connectivity index (χ3v) is 6.52. The molecular weight excluding hydrogens is 438 g/mol. The monoisotopic (exact) mass is 462 g/mol. The van der Waals surface area contributed by atoms with E-state index in [0.717, 1.165) is 18.1 Å². The van der Waals surface area contributed by atoms with Gasteiger partial charge in [-0.15, -0.1) is 0 Å². The molecule has 1 saturated heterocycles. The summed E-state index contributed by atoms with van der Waals surface area (Å²) >= 11 is 0. The first-order valence-electron chi connectivity index (χ1n) is 11.6. The van der Waals surface area contributed by atoms with E-state index < -0.39 is 11.6 Å². The number of ether oxygens (including phenoxy) is 1. The van der Waals surface area contributed by atoms with E-state index in [9.17, 15) is 8.78 Å². The summed E-state index contributed by atoms with van der Waals surface area (Å²) in [4.78, 5) is 18.5. The van der Waals surface area contributed by atoms with Crippen LogP contribution in [0.1, 0.15) is 67.8 Å². The van der Waals surface area contributed by atoms with E-state index in [1.807, 2.05) is 24.7 Å². The van der Waals surface area contributed by atoms with Crippen LogP contribution in [0.4, 0.5) is 8.78 Å². The second-order valence-corrected chi connectivity index (χ2v) is 9.33. The Morgan fingerprint density at radius 2 is 1.91 bits per heavy atom. The number of halogens is 2. The van der Waals surface area contributed by atoms with Crippen molar-refractivity contribution < 1.29 is 13.5 Å². The van der Waals surface area contributed by atoms with Crippen molar-refractivity contribution in [3.8, 4) is 11.3 Å². The zero-order valence-electron chi connectivity index (χ0n) is 18.9. The molecule has 1 aliphatic heterocycles. The molecule has 0 spiro atoms. The van der Waals surface area contributed by atoms with Crippen LogP contribution in [0.3, 0.4) is 0 Å². The van der Waals surface area contributed by atoms with E-state index >= 15 is 0 Å². The molecule has 0 bridgehead atoms. The van der Waals surface area contributed by atoms with Crippen LogP contribution in [0, 0.1) is 18.6 Å². The second kappa shape index (κ2) is 8.16. The SMILES string of the molecule is Cc1cnc2c(-c3ccc(F)cc3F)nc([C@H]3C[C@H](C)O[C@@H](c4cnn(C5CC5)c4)C3)nc2n1. The Labute approximate surface area is 195 Å². The molecule has 9 heteroatoms. The van der Waals surface area contributed by atoms with Crippen molar-refractivity contribution in [2.24, 2.45) is 0 Å². The number of hydrogen-bond acceptors (Lipinski definition) is 6. The lowest BCUT2D eigenvalue weighted by atomic mass is 9.89. The van der Waals surface area contributed by atoms with Crippen LogP contribution in [0.5, 0.6) is 0 Å². The van der Waals surface area contributed by atoms with Gasteiger partial charge in [0, 0.05) is 35.5 Å². The first kappa shape index (κ1) is 21.2. The van der Waals surface area contributed by atoms with Crippen LogP contribution in [0.25, 0.3) is 22.4 Å². The number of rotatable bonds is 4. The molecule has 0 unspecified atom stereocenters. The number of hydrogen-bond donors (Lipinski definition) is 0. The first-order chi connectivity index (χ1) is 16.4. The lowest BCUT2D eigenvalue weighted by Gasteiger charge is -2.33. The normalized spacial score (nSPS) is 22.9. The highest BCUT2D eigenvalue weighted by Crippen LogP contribution is 2.41. The molecule has 1 aliphatic carbocycles. The summed E-state index contributed by atoms with van der Waals surface area (Å²) in [6.07, 6.45) is 9.15. The Morgan fingerprint density at radius 3 is 2.71 bits per heavy atom.